The van der Waals surface area contributed by atoms with Gasteiger partial charge in [0.25, 0.3) is 0 Å². The van der Waals surface area contributed by atoms with Gasteiger partial charge >= 0.3 is 0 Å². The smallest absolute Gasteiger partial charge is 0.0979 e. The predicted molar refractivity (Wildman–Crippen MR) is 256 cm³/mol. The topological polar surface area (TPSA) is 30.7 Å². The van der Waals surface area contributed by atoms with E-state index in [1.165, 1.54) is 77.2 Å². The van der Waals surface area contributed by atoms with Crippen LogP contribution in [-0.4, -0.2) is 14.5 Å². The van der Waals surface area contributed by atoms with Gasteiger partial charge < -0.3 is 4.57 Å². The Labute approximate surface area is 353 Å². The Kier molecular flexibility index (Phi) is 8.17. The average Bonchev–Trinajstić information content (AvgIpc) is 3.68. The maximum atomic E-state index is 5.18. The summed E-state index contributed by atoms with van der Waals surface area (Å²) in [7, 11) is 0. The van der Waals surface area contributed by atoms with Crippen molar-refractivity contribution in [3.8, 4) is 61.5 Å². The number of nitrogens with zero attached hydrogens (tertiary/aromatic N) is 3. The number of fused-ring (bicyclic) bond motifs is 9. The van der Waals surface area contributed by atoms with E-state index in [9.17, 15) is 0 Å². The molecule has 284 valence electrons. The van der Waals surface area contributed by atoms with Crippen LogP contribution >= 0.6 is 0 Å². The summed E-state index contributed by atoms with van der Waals surface area (Å²) >= 11 is 0. The normalized spacial score (nSPS) is 11.6. The maximum absolute atomic E-state index is 5.18. The molecule has 3 heteroatoms. The second-order valence-electron chi connectivity index (χ2n) is 15.8. The van der Waals surface area contributed by atoms with Crippen molar-refractivity contribution in [3.63, 3.8) is 0 Å². The summed E-state index contributed by atoms with van der Waals surface area (Å²) in [6.07, 6.45) is 1.90. The zero-order chi connectivity index (χ0) is 40.3. The number of rotatable bonds is 6. The first-order valence-electron chi connectivity index (χ1n) is 20.8. The lowest BCUT2D eigenvalue weighted by Crippen LogP contribution is -1.93. The Morgan fingerprint density at radius 1 is 0.279 bits per heavy atom. The van der Waals surface area contributed by atoms with Gasteiger partial charge in [-0.15, -0.1) is 0 Å². The highest BCUT2D eigenvalue weighted by molar-refractivity contribution is 6.23. The SMILES string of the molecule is c1ccc(-n2c3ccccc3c3ccc(-c4ccc(-c5ccc(-c6ccc(-c7ccc(-c8cnc9c%10ccccc%10c%10ccccc%10c9n8)cc7)cc6)cc5)cc4)cc32)cc1. The van der Waals surface area contributed by atoms with E-state index >= 15 is 0 Å². The van der Waals surface area contributed by atoms with E-state index in [0.717, 1.165) is 38.6 Å². The summed E-state index contributed by atoms with van der Waals surface area (Å²) < 4.78 is 2.38. The highest BCUT2D eigenvalue weighted by atomic mass is 15.0. The molecule has 0 spiro atoms. The molecule has 0 aliphatic rings. The van der Waals surface area contributed by atoms with Crippen molar-refractivity contribution in [2.45, 2.75) is 0 Å². The number of hydrogen-bond acceptors (Lipinski definition) is 2. The van der Waals surface area contributed by atoms with Gasteiger partial charge in [0.1, 0.15) is 0 Å². The van der Waals surface area contributed by atoms with E-state index in [-0.39, 0.29) is 0 Å². The molecule has 0 saturated carbocycles. The van der Waals surface area contributed by atoms with Crippen molar-refractivity contribution >= 4 is 54.4 Å². The van der Waals surface area contributed by atoms with E-state index in [4.69, 9.17) is 9.97 Å². The molecule has 0 bridgehead atoms. The van der Waals surface area contributed by atoms with Crippen molar-refractivity contribution < 1.29 is 0 Å². The first kappa shape index (κ1) is 34.9. The molecule has 0 atom stereocenters. The minimum absolute atomic E-state index is 0.871. The van der Waals surface area contributed by atoms with E-state index < -0.39 is 0 Å². The van der Waals surface area contributed by atoms with Gasteiger partial charge in [0, 0.05) is 32.8 Å². The average molecular weight is 776 g/mol. The zero-order valence-corrected chi connectivity index (χ0v) is 33.2. The monoisotopic (exact) mass is 775 g/mol. The quantitative estimate of drug-likeness (QED) is 0.158. The van der Waals surface area contributed by atoms with Crippen molar-refractivity contribution in [2.75, 3.05) is 0 Å². The van der Waals surface area contributed by atoms with Gasteiger partial charge in [0.15, 0.2) is 0 Å². The van der Waals surface area contributed by atoms with Crippen LogP contribution in [0.4, 0.5) is 0 Å². The Morgan fingerprint density at radius 2 is 0.672 bits per heavy atom. The van der Waals surface area contributed by atoms with Gasteiger partial charge in [-0.1, -0.05) is 194 Å². The fourth-order valence-electron chi connectivity index (χ4n) is 9.17. The predicted octanol–water partition coefficient (Wildman–Crippen LogP) is 15.4. The third-order valence-electron chi connectivity index (χ3n) is 12.3. The van der Waals surface area contributed by atoms with Crippen molar-refractivity contribution in [2.24, 2.45) is 0 Å². The highest BCUT2D eigenvalue weighted by Gasteiger charge is 2.15. The summed E-state index contributed by atoms with van der Waals surface area (Å²) in [5.74, 6) is 0. The van der Waals surface area contributed by atoms with Crippen LogP contribution in [0.5, 0.6) is 0 Å². The number of hydrogen-bond donors (Lipinski definition) is 0. The Balaban J connectivity index is 0.772. The lowest BCUT2D eigenvalue weighted by molar-refractivity contribution is 1.18. The van der Waals surface area contributed by atoms with Crippen LogP contribution in [0, 0.1) is 0 Å². The lowest BCUT2D eigenvalue weighted by Gasteiger charge is -2.11. The van der Waals surface area contributed by atoms with Crippen LogP contribution in [0.3, 0.4) is 0 Å². The fourth-order valence-corrected chi connectivity index (χ4v) is 9.17. The zero-order valence-electron chi connectivity index (χ0n) is 33.2. The molecule has 0 N–H and O–H groups in total. The summed E-state index contributed by atoms with van der Waals surface area (Å²) in [6, 6.07) is 78.5. The van der Waals surface area contributed by atoms with Crippen LogP contribution in [0.25, 0.3) is 116 Å². The van der Waals surface area contributed by atoms with Crippen LogP contribution in [0.2, 0.25) is 0 Å². The Hall–Kier alpha value is -8.14. The molecular formula is C58H37N3. The molecule has 0 aliphatic heterocycles. The van der Waals surface area contributed by atoms with Crippen LogP contribution < -0.4 is 0 Å². The van der Waals surface area contributed by atoms with Gasteiger partial charge in [-0.2, -0.15) is 0 Å². The van der Waals surface area contributed by atoms with E-state index in [1.54, 1.807) is 0 Å². The number of benzene rings is 10. The molecule has 0 amide bonds. The van der Waals surface area contributed by atoms with Crippen molar-refractivity contribution in [1.29, 1.82) is 0 Å². The molecule has 61 heavy (non-hydrogen) atoms. The van der Waals surface area contributed by atoms with Gasteiger partial charge in [0.05, 0.1) is 34.0 Å². The minimum Gasteiger partial charge on any atom is -0.309 e. The summed E-state index contributed by atoms with van der Waals surface area (Å²) in [6.45, 7) is 0. The molecule has 12 aromatic rings. The van der Waals surface area contributed by atoms with Gasteiger partial charge in [0.2, 0.25) is 0 Å². The molecule has 0 aliphatic carbocycles. The molecule has 2 aromatic heterocycles. The first-order valence-corrected chi connectivity index (χ1v) is 20.8. The molecule has 0 saturated heterocycles. The van der Waals surface area contributed by atoms with E-state index in [0.29, 0.717) is 0 Å². The van der Waals surface area contributed by atoms with Crippen LogP contribution in [-0.2, 0) is 0 Å². The Morgan fingerprint density at radius 3 is 1.21 bits per heavy atom. The maximum Gasteiger partial charge on any atom is 0.0979 e. The molecule has 3 nitrogen and oxygen atoms in total. The number of para-hydroxylation sites is 2. The van der Waals surface area contributed by atoms with Crippen molar-refractivity contribution in [1.82, 2.24) is 14.5 Å². The van der Waals surface area contributed by atoms with E-state index in [1.807, 2.05) is 6.20 Å². The van der Waals surface area contributed by atoms with Gasteiger partial charge in [-0.3, -0.25) is 4.98 Å². The summed E-state index contributed by atoms with van der Waals surface area (Å²) in [5.41, 5.74) is 16.9. The second-order valence-corrected chi connectivity index (χ2v) is 15.8. The molecule has 10 aromatic carbocycles. The van der Waals surface area contributed by atoms with Crippen molar-refractivity contribution in [3.05, 3.63) is 225 Å². The lowest BCUT2D eigenvalue weighted by atomic mass is 9.96. The van der Waals surface area contributed by atoms with Gasteiger partial charge in [-0.25, -0.2) is 4.98 Å². The fraction of sp³-hybridized carbons (Fsp3) is 0. The molecule has 12 rings (SSSR count). The number of aromatic nitrogens is 3. The van der Waals surface area contributed by atoms with Crippen LogP contribution in [0.1, 0.15) is 0 Å². The molecular weight excluding hydrogens is 739 g/mol. The molecule has 0 unspecified atom stereocenters. The highest BCUT2D eigenvalue weighted by Crippen LogP contribution is 2.37. The summed E-state index contributed by atoms with van der Waals surface area (Å²) in [5, 5.41) is 7.19. The first-order chi connectivity index (χ1) is 30.2. The minimum atomic E-state index is 0.871. The molecule has 0 fully saturated rings. The third-order valence-corrected chi connectivity index (χ3v) is 12.3. The van der Waals surface area contributed by atoms with E-state index in [2.05, 4.69) is 223 Å². The third kappa shape index (κ3) is 5.98. The summed E-state index contributed by atoms with van der Waals surface area (Å²) in [4.78, 5) is 10.1. The Bertz CT molecular complexity index is 3550. The second kappa shape index (κ2) is 14.3. The molecule has 2 heterocycles. The molecule has 0 radical (unpaired) electrons. The standard InChI is InChI=1S/C58H37N3/c1-2-10-47(11-3-1)61-55-17-9-8-14-50(55)51-35-34-46(36-56(51)61)44-28-26-42(27-29-44)40-20-18-38(19-21-40)39-22-24-41(25-23-39)43-30-32-45(33-31-43)54-37-59-57-52-15-6-4-12-48(52)49-13-5-7-16-53(49)58(57)60-54/h1-37H. The van der Waals surface area contributed by atoms with Gasteiger partial charge in [-0.05, 0) is 79.5 Å². The largest absolute Gasteiger partial charge is 0.309 e. The van der Waals surface area contributed by atoms with Crippen LogP contribution in [0.15, 0.2) is 225 Å².